The molecule has 2 N–H and O–H groups in total. The maximum absolute atomic E-state index is 12.3. The standard InChI is InChI=1S/C17H12BrClN4O5/c18-12-7-10(19)1-4-16(12)28-9-22-6-5-14(21-22)17(25)20-13-3-2-11(23(26)27)8-15(13)24/h1-8,24H,9H2,(H,20,25). The summed E-state index contributed by atoms with van der Waals surface area (Å²) in [6.45, 7) is 0.0519. The number of aromatic hydroxyl groups is 1. The second-order valence-electron chi connectivity index (χ2n) is 5.50. The number of aromatic nitrogens is 2. The van der Waals surface area contributed by atoms with Gasteiger partial charge in [0.1, 0.15) is 11.5 Å². The highest BCUT2D eigenvalue weighted by Gasteiger charge is 2.15. The van der Waals surface area contributed by atoms with E-state index in [1.54, 1.807) is 24.4 Å². The van der Waals surface area contributed by atoms with Gasteiger partial charge in [-0.15, -0.1) is 0 Å². The molecule has 1 aromatic heterocycles. The number of hydrogen-bond acceptors (Lipinski definition) is 6. The minimum atomic E-state index is -0.647. The van der Waals surface area contributed by atoms with Gasteiger partial charge in [-0.25, -0.2) is 4.68 Å². The number of nitrogens with one attached hydrogen (secondary N) is 1. The van der Waals surface area contributed by atoms with Crippen molar-refractivity contribution >= 4 is 44.8 Å². The second kappa shape index (κ2) is 8.28. The van der Waals surface area contributed by atoms with Gasteiger partial charge in [-0.1, -0.05) is 11.6 Å². The zero-order chi connectivity index (χ0) is 20.3. The first-order chi connectivity index (χ1) is 13.3. The van der Waals surface area contributed by atoms with Crippen molar-refractivity contribution < 1.29 is 19.6 Å². The van der Waals surface area contributed by atoms with E-state index in [9.17, 15) is 20.0 Å². The Hall–Kier alpha value is -3.11. The highest BCUT2D eigenvalue weighted by atomic mass is 79.9. The first-order valence-corrected chi connectivity index (χ1v) is 8.90. The number of hydrogen-bond donors (Lipinski definition) is 2. The highest BCUT2D eigenvalue weighted by Crippen LogP contribution is 2.29. The summed E-state index contributed by atoms with van der Waals surface area (Å²) in [7, 11) is 0. The van der Waals surface area contributed by atoms with Crippen LogP contribution in [0.4, 0.5) is 11.4 Å². The fourth-order valence-corrected chi connectivity index (χ4v) is 3.01. The third kappa shape index (κ3) is 4.59. The zero-order valence-electron chi connectivity index (χ0n) is 14.0. The van der Waals surface area contributed by atoms with Crippen LogP contribution in [0, 0.1) is 10.1 Å². The fraction of sp³-hybridized carbons (Fsp3) is 0.0588. The van der Waals surface area contributed by atoms with Crippen molar-refractivity contribution in [3.63, 3.8) is 0 Å². The number of benzene rings is 2. The molecule has 0 aliphatic rings. The lowest BCUT2D eigenvalue weighted by Gasteiger charge is -2.08. The number of ether oxygens (including phenoxy) is 1. The van der Waals surface area contributed by atoms with E-state index < -0.39 is 16.6 Å². The predicted molar refractivity (Wildman–Crippen MR) is 105 cm³/mol. The summed E-state index contributed by atoms with van der Waals surface area (Å²) in [5, 5.41) is 27.6. The van der Waals surface area contributed by atoms with Gasteiger partial charge in [0, 0.05) is 17.3 Å². The van der Waals surface area contributed by atoms with Gasteiger partial charge >= 0.3 is 0 Å². The smallest absolute Gasteiger partial charge is 0.276 e. The van der Waals surface area contributed by atoms with E-state index in [1.807, 2.05) is 0 Å². The Labute approximate surface area is 171 Å². The molecule has 0 unspecified atom stereocenters. The fourth-order valence-electron chi connectivity index (χ4n) is 2.21. The van der Waals surface area contributed by atoms with E-state index in [2.05, 4.69) is 26.3 Å². The molecule has 0 bridgehead atoms. The maximum Gasteiger partial charge on any atom is 0.276 e. The normalized spacial score (nSPS) is 10.5. The number of non-ortho nitro benzene ring substituents is 1. The number of carbonyl (C=O) groups excluding carboxylic acids is 1. The monoisotopic (exact) mass is 466 g/mol. The Morgan fingerprint density at radius 2 is 2.11 bits per heavy atom. The van der Waals surface area contributed by atoms with E-state index in [0.29, 0.717) is 15.2 Å². The Kier molecular flexibility index (Phi) is 5.81. The number of halogens is 2. The topological polar surface area (TPSA) is 120 Å². The van der Waals surface area contributed by atoms with Gasteiger partial charge in [0.05, 0.1) is 21.1 Å². The zero-order valence-corrected chi connectivity index (χ0v) is 16.3. The van der Waals surface area contributed by atoms with Crippen molar-refractivity contribution in [3.05, 3.63) is 74.0 Å². The van der Waals surface area contributed by atoms with Crippen LogP contribution in [0.2, 0.25) is 5.02 Å². The van der Waals surface area contributed by atoms with Crippen molar-refractivity contribution in [1.29, 1.82) is 0 Å². The molecular formula is C17H12BrClN4O5. The summed E-state index contributed by atoms with van der Waals surface area (Å²) in [5.74, 6) is -0.449. The summed E-state index contributed by atoms with van der Waals surface area (Å²) in [6, 6.07) is 9.90. The molecule has 11 heteroatoms. The first kappa shape index (κ1) is 19.6. The largest absolute Gasteiger partial charge is 0.506 e. The maximum atomic E-state index is 12.3. The van der Waals surface area contributed by atoms with Crippen LogP contribution in [-0.4, -0.2) is 25.7 Å². The SMILES string of the molecule is O=C(Nc1ccc([N+](=O)[O-])cc1O)c1ccn(COc2ccc(Cl)cc2Br)n1. The molecule has 0 saturated carbocycles. The molecule has 0 aliphatic heterocycles. The highest BCUT2D eigenvalue weighted by molar-refractivity contribution is 9.10. The third-order valence-corrected chi connectivity index (χ3v) is 4.41. The van der Waals surface area contributed by atoms with Crippen LogP contribution in [0.5, 0.6) is 11.5 Å². The van der Waals surface area contributed by atoms with Crippen LogP contribution in [0.1, 0.15) is 10.5 Å². The van der Waals surface area contributed by atoms with Crippen LogP contribution in [-0.2, 0) is 6.73 Å². The van der Waals surface area contributed by atoms with Crippen LogP contribution in [0.25, 0.3) is 0 Å². The van der Waals surface area contributed by atoms with E-state index >= 15 is 0 Å². The van der Waals surface area contributed by atoms with Gasteiger partial charge in [-0.2, -0.15) is 5.10 Å². The van der Waals surface area contributed by atoms with Crippen LogP contribution >= 0.6 is 27.5 Å². The molecule has 144 valence electrons. The molecule has 0 saturated heterocycles. The van der Waals surface area contributed by atoms with Crippen LogP contribution < -0.4 is 10.1 Å². The summed E-state index contributed by atoms with van der Waals surface area (Å²) in [5.41, 5.74) is -0.173. The molecule has 0 radical (unpaired) electrons. The Bertz CT molecular complexity index is 1060. The molecular weight excluding hydrogens is 456 g/mol. The lowest BCUT2D eigenvalue weighted by molar-refractivity contribution is -0.384. The van der Waals surface area contributed by atoms with Gasteiger partial charge in [0.25, 0.3) is 11.6 Å². The Morgan fingerprint density at radius 3 is 2.79 bits per heavy atom. The molecule has 1 amide bonds. The lowest BCUT2D eigenvalue weighted by Crippen LogP contribution is -2.14. The van der Waals surface area contributed by atoms with Crippen molar-refractivity contribution in [2.24, 2.45) is 0 Å². The number of nitro benzene ring substituents is 1. The quantitative estimate of drug-likeness (QED) is 0.318. The molecule has 0 fully saturated rings. The number of carbonyl (C=O) groups is 1. The summed E-state index contributed by atoms with van der Waals surface area (Å²) >= 11 is 9.21. The number of nitrogens with zero attached hydrogens (tertiary/aromatic N) is 3. The molecule has 1 heterocycles. The second-order valence-corrected chi connectivity index (χ2v) is 6.79. The molecule has 0 atom stereocenters. The molecule has 0 aliphatic carbocycles. The van der Waals surface area contributed by atoms with Crippen LogP contribution in [0.3, 0.4) is 0 Å². The average Bonchev–Trinajstić information content (AvgIpc) is 3.11. The van der Waals surface area contributed by atoms with Crippen molar-refractivity contribution in [2.75, 3.05) is 5.32 Å². The van der Waals surface area contributed by atoms with Gasteiger partial charge < -0.3 is 15.2 Å². The van der Waals surface area contributed by atoms with E-state index in [4.69, 9.17) is 16.3 Å². The van der Waals surface area contributed by atoms with Gasteiger partial charge in [0.15, 0.2) is 12.4 Å². The van der Waals surface area contributed by atoms with Crippen molar-refractivity contribution in [2.45, 2.75) is 6.73 Å². The molecule has 0 spiro atoms. The minimum Gasteiger partial charge on any atom is -0.506 e. The number of phenolic OH excluding ortho intramolecular Hbond substituents is 1. The molecule has 9 nitrogen and oxygen atoms in total. The first-order valence-electron chi connectivity index (χ1n) is 7.73. The van der Waals surface area contributed by atoms with Gasteiger partial charge in [0.2, 0.25) is 0 Å². The van der Waals surface area contributed by atoms with Crippen molar-refractivity contribution in [1.82, 2.24) is 9.78 Å². The van der Waals surface area contributed by atoms with Gasteiger partial charge in [-0.3, -0.25) is 14.9 Å². The summed E-state index contributed by atoms with van der Waals surface area (Å²) in [4.78, 5) is 22.3. The number of nitro groups is 1. The van der Waals surface area contributed by atoms with Crippen molar-refractivity contribution in [3.8, 4) is 11.5 Å². The number of phenols is 1. The lowest BCUT2D eigenvalue weighted by atomic mass is 10.2. The molecule has 28 heavy (non-hydrogen) atoms. The number of anilines is 1. The van der Waals surface area contributed by atoms with E-state index in [-0.39, 0.29) is 23.8 Å². The predicted octanol–water partition coefficient (Wildman–Crippen LogP) is 4.20. The third-order valence-electron chi connectivity index (χ3n) is 3.56. The summed E-state index contributed by atoms with van der Waals surface area (Å²) < 4.78 is 7.69. The van der Waals surface area contributed by atoms with E-state index in [0.717, 1.165) is 6.07 Å². The molecule has 3 aromatic rings. The number of amides is 1. The molecule has 2 aromatic carbocycles. The average molecular weight is 468 g/mol. The minimum absolute atomic E-state index is 0.0338. The Balaban J connectivity index is 1.64. The number of rotatable bonds is 6. The van der Waals surface area contributed by atoms with Crippen LogP contribution in [0.15, 0.2) is 53.1 Å². The Morgan fingerprint density at radius 1 is 1.32 bits per heavy atom. The van der Waals surface area contributed by atoms with E-state index in [1.165, 1.54) is 22.9 Å². The molecule has 3 rings (SSSR count). The summed E-state index contributed by atoms with van der Waals surface area (Å²) in [6.07, 6.45) is 1.55. The van der Waals surface area contributed by atoms with Gasteiger partial charge in [-0.05, 0) is 46.3 Å².